The summed E-state index contributed by atoms with van der Waals surface area (Å²) in [5.74, 6) is -0.926. The number of carboxylic acids is 1. The van der Waals surface area contributed by atoms with E-state index >= 15 is 0 Å². The van der Waals surface area contributed by atoms with Gasteiger partial charge in [-0.3, -0.25) is 4.79 Å². The molecule has 3 rings (SSSR count). The van der Waals surface area contributed by atoms with Crippen molar-refractivity contribution < 1.29 is 9.90 Å². The Morgan fingerprint density at radius 3 is 2.48 bits per heavy atom. The van der Waals surface area contributed by atoms with Crippen LogP contribution in [0.25, 0.3) is 11.3 Å². The smallest absolute Gasteiger partial charge is 0.309 e. The molecule has 0 spiro atoms. The van der Waals surface area contributed by atoms with Crippen molar-refractivity contribution in [3.8, 4) is 11.3 Å². The SMILES string of the molecule is O=C(O)Cc1c(-c2ccccc2)nnn1Cc1ccccc1Cl. The fourth-order valence-corrected chi connectivity index (χ4v) is 2.58. The second-order valence-electron chi connectivity index (χ2n) is 5.07. The van der Waals surface area contributed by atoms with E-state index in [1.54, 1.807) is 10.7 Å². The van der Waals surface area contributed by atoms with Crippen LogP contribution in [0.5, 0.6) is 0 Å². The Morgan fingerprint density at radius 1 is 1.09 bits per heavy atom. The predicted molar refractivity (Wildman–Crippen MR) is 87.4 cm³/mol. The summed E-state index contributed by atoms with van der Waals surface area (Å²) in [6, 6.07) is 16.8. The molecule has 23 heavy (non-hydrogen) atoms. The number of carbonyl (C=O) groups is 1. The van der Waals surface area contributed by atoms with Crippen LogP contribution in [0.1, 0.15) is 11.3 Å². The Kier molecular flexibility index (Phi) is 4.39. The second-order valence-corrected chi connectivity index (χ2v) is 5.48. The highest BCUT2D eigenvalue weighted by Gasteiger charge is 2.18. The summed E-state index contributed by atoms with van der Waals surface area (Å²) in [5, 5.41) is 18.1. The highest BCUT2D eigenvalue weighted by Crippen LogP contribution is 2.23. The summed E-state index contributed by atoms with van der Waals surface area (Å²) in [6.45, 7) is 0.377. The van der Waals surface area contributed by atoms with Gasteiger partial charge in [0.1, 0.15) is 5.69 Å². The standard InChI is InChI=1S/C17H14ClN3O2/c18-14-9-5-4-8-13(14)11-21-15(10-16(22)23)17(19-20-21)12-6-2-1-3-7-12/h1-9H,10-11H2,(H,22,23). The number of aliphatic carboxylic acids is 1. The van der Waals surface area contributed by atoms with E-state index < -0.39 is 5.97 Å². The topological polar surface area (TPSA) is 68.0 Å². The number of carboxylic acid groups (broad SMARTS) is 1. The van der Waals surface area contributed by atoms with Crippen LogP contribution < -0.4 is 0 Å². The average molecular weight is 328 g/mol. The first-order chi connectivity index (χ1) is 11.1. The number of rotatable bonds is 5. The van der Waals surface area contributed by atoms with Crippen LogP contribution in [0.3, 0.4) is 0 Å². The molecule has 0 unspecified atom stereocenters. The second kappa shape index (κ2) is 6.62. The van der Waals surface area contributed by atoms with Crippen LogP contribution in [0, 0.1) is 0 Å². The summed E-state index contributed by atoms with van der Waals surface area (Å²) in [7, 11) is 0. The molecule has 0 saturated heterocycles. The zero-order chi connectivity index (χ0) is 16.2. The lowest BCUT2D eigenvalue weighted by Gasteiger charge is -2.08. The van der Waals surface area contributed by atoms with Gasteiger partial charge in [0.15, 0.2) is 0 Å². The number of benzene rings is 2. The van der Waals surface area contributed by atoms with Gasteiger partial charge in [0.05, 0.1) is 18.7 Å². The highest BCUT2D eigenvalue weighted by molar-refractivity contribution is 6.31. The molecule has 6 heteroatoms. The van der Waals surface area contributed by atoms with Gasteiger partial charge in [0, 0.05) is 10.6 Å². The third kappa shape index (κ3) is 3.40. The van der Waals surface area contributed by atoms with Crippen molar-refractivity contribution in [2.75, 3.05) is 0 Å². The minimum absolute atomic E-state index is 0.151. The Bertz CT molecular complexity index is 831. The van der Waals surface area contributed by atoms with E-state index in [0.29, 0.717) is 23.0 Å². The lowest BCUT2D eigenvalue weighted by Crippen LogP contribution is -2.11. The van der Waals surface area contributed by atoms with Gasteiger partial charge in [-0.15, -0.1) is 5.10 Å². The molecule has 0 saturated carbocycles. The molecule has 3 aromatic rings. The van der Waals surface area contributed by atoms with Crippen LogP contribution in [-0.2, 0) is 17.8 Å². The van der Waals surface area contributed by atoms with E-state index in [2.05, 4.69) is 10.3 Å². The Hall–Kier alpha value is -2.66. The predicted octanol–water partition coefficient (Wildman–Crippen LogP) is 3.27. The molecule has 0 aliphatic rings. The largest absolute Gasteiger partial charge is 0.481 e. The molecule has 0 aliphatic heterocycles. The zero-order valence-electron chi connectivity index (χ0n) is 12.2. The van der Waals surface area contributed by atoms with Gasteiger partial charge >= 0.3 is 5.97 Å². The normalized spacial score (nSPS) is 10.7. The van der Waals surface area contributed by atoms with Crippen LogP contribution in [0.4, 0.5) is 0 Å². The lowest BCUT2D eigenvalue weighted by atomic mass is 10.1. The quantitative estimate of drug-likeness (QED) is 0.781. The monoisotopic (exact) mass is 327 g/mol. The number of aromatic nitrogens is 3. The minimum Gasteiger partial charge on any atom is -0.481 e. The third-order valence-electron chi connectivity index (χ3n) is 3.48. The molecule has 1 aromatic heterocycles. The first-order valence-corrected chi connectivity index (χ1v) is 7.46. The van der Waals surface area contributed by atoms with E-state index in [1.807, 2.05) is 48.5 Å². The zero-order valence-corrected chi connectivity index (χ0v) is 12.9. The fourth-order valence-electron chi connectivity index (χ4n) is 2.39. The Morgan fingerprint density at radius 2 is 1.78 bits per heavy atom. The molecule has 0 radical (unpaired) electrons. The number of nitrogens with zero attached hydrogens (tertiary/aromatic N) is 3. The molecule has 0 bridgehead atoms. The maximum absolute atomic E-state index is 11.2. The molecule has 0 aliphatic carbocycles. The van der Waals surface area contributed by atoms with Crippen molar-refractivity contribution in [2.24, 2.45) is 0 Å². The van der Waals surface area contributed by atoms with E-state index in [1.165, 1.54) is 0 Å². The summed E-state index contributed by atoms with van der Waals surface area (Å²) >= 11 is 6.18. The molecule has 0 fully saturated rings. The summed E-state index contributed by atoms with van der Waals surface area (Å²) < 4.78 is 1.59. The number of halogens is 1. The summed E-state index contributed by atoms with van der Waals surface area (Å²) in [4.78, 5) is 11.2. The fraction of sp³-hybridized carbons (Fsp3) is 0.118. The Balaban J connectivity index is 2.02. The van der Waals surface area contributed by atoms with Gasteiger partial charge in [-0.05, 0) is 11.6 Å². The molecule has 1 heterocycles. The minimum atomic E-state index is -0.926. The van der Waals surface area contributed by atoms with Crippen molar-refractivity contribution in [2.45, 2.75) is 13.0 Å². The van der Waals surface area contributed by atoms with Crippen molar-refractivity contribution >= 4 is 17.6 Å². The Labute approximate surface area is 138 Å². The van der Waals surface area contributed by atoms with Crippen LogP contribution in [0.2, 0.25) is 5.02 Å². The first kappa shape index (κ1) is 15.2. The van der Waals surface area contributed by atoms with E-state index in [-0.39, 0.29) is 6.42 Å². The van der Waals surface area contributed by atoms with Gasteiger partial charge in [-0.25, -0.2) is 4.68 Å². The highest BCUT2D eigenvalue weighted by atomic mass is 35.5. The van der Waals surface area contributed by atoms with Crippen LogP contribution in [-0.4, -0.2) is 26.1 Å². The average Bonchev–Trinajstić information content (AvgIpc) is 2.92. The molecule has 116 valence electrons. The maximum Gasteiger partial charge on any atom is 0.309 e. The van der Waals surface area contributed by atoms with Crippen molar-refractivity contribution in [3.63, 3.8) is 0 Å². The van der Waals surface area contributed by atoms with Gasteiger partial charge in [0.25, 0.3) is 0 Å². The maximum atomic E-state index is 11.2. The molecular formula is C17H14ClN3O2. The van der Waals surface area contributed by atoms with Crippen LogP contribution in [0.15, 0.2) is 54.6 Å². The van der Waals surface area contributed by atoms with Crippen molar-refractivity contribution in [1.82, 2.24) is 15.0 Å². The third-order valence-corrected chi connectivity index (χ3v) is 3.85. The molecule has 5 nitrogen and oxygen atoms in total. The lowest BCUT2D eigenvalue weighted by molar-refractivity contribution is -0.136. The van der Waals surface area contributed by atoms with E-state index in [9.17, 15) is 9.90 Å². The van der Waals surface area contributed by atoms with Gasteiger partial charge in [0.2, 0.25) is 0 Å². The molecule has 0 amide bonds. The summed E-state index contributed by atoms with van der Waals surface area (Å²) in [5.41, 5.74) is 2.85. The molecular weight excluding hydrogens is 314 g/mol. The molecule has 1 N–H and O–H groups in total. The first-order valence-electron chi connectivity index (χ1n) is 7.08. The number of hydrogen-bond acceptors (Lipinski definition) is 3. The number of hydrogen-bond donors (Lipinski definition) is 1. The van der Waals surface area contributed by atoms with Gasteiger partial charge < -0.3 is 5.11 Å². The van der Waals surface area contributed by atoms with Crippen molar-refractivity contribution in [1.29, 1.82) is 0 Å². The van der Waals surface area contributed by atoms with E-state index in [4.69, 9.17) is 11.6 Å². The van der Waals surface area contributed by atoms with Crippen molar-refractivity contribution in [3.05, 3.63) is 70.9 Å². The molecule has 2 aromatic carbocycles. The van der Waals surface area contributed by atoms with Gasteiger partial charge in [-0.2, -0.15) is 0 Å². The van der Waals surface area contributed by atoms with Crippen LogP contribution >= 0.6 is 11.6 Å². The van der Waals surface area contributed by atoms with Gasteiger partial charge in [-0.1, -0.05) is 65.3 Å². The van der Waals surface area contributed by atoms with E-state index in [0.717, 1.165) is 11.1 Å². The summed E-state index contributed by atoms with van der Waals surface area (Å²) in [6.07, 6.45) is -0.151. The molecule has 0 atom stereocenters.